The first kappa shape index (κ1) is 16.6. The molecule has 22 heavy (non-hydrogen) atoms. The van der Waals surface area contributed by atoms with E-state index < -0.39 is 6.10 Å². The molecule has 0 bridgehead atoms. The first-order valence-electron chi connectivity index (χ1n) is 7.98. The number of rotatable bonds is 5. The number of ether oxygens (including phenoxy) is 1. The van der Waals surface area contributed by atoms with E-state index in [1.54, 1.807) is 0 Å². The average Bonchev–Trinajstić information content (AvgIpc) is 2.50. The number of carbonyl (C=O) groups excluding carboxylic acids is 1. The molecule has 1 saturated heterocycles. The van der Waals surface area contributed by atoms with Gasteiger partial charge in [-0.25, -0.2) is 0 Å². The number of aryl methyl sites for hydroxylation is 2. The first-order chi connectivity index (χ1) is 10.5. The minimum absolute atomic E-state index is 0.0811. The molecule has 1 aromatic carbocycles. The van der Waals surface area contributed by atoms with Gasteiger partial charge in [-0.05, 0) is 38.5 Å². The highest BCUT2D eigenvalue weighted by Crippen LogP contribution is 2.20. The molecule has 0 aromatic heterocycles. The summed E-state index contributed by atoms with van der Waals surface area (Å²) in [4.78, 5) is 15.9. The lowest BCUT2D eigenvalue weighted by atomic mass is 10.1. The summed E-state index contributed by atoms with van der Waals surface area (Å²) in [6.45, 7) is 14.2. The largest absolute Gasteiger partial charge is 0.481 e. The Labute approximate surface area is 133 Å². The van der Waals surface area contributed by atoms with Crippen molar-refractivity contribution in [2.75, 3.05) is 32.7 Å². The zero-order valence-electron chi connectivity index (χ0n) is 13.9. The van der Waals surface area contributed by atoms with Crippen molar-refractivity contribution in [1.29, 1.82) is 0 Å². The highest BCUT2D eigenvalue weighted by Gasteiger charge is 2.27. The third kappa shape index (κ3) is 4.10. The molecular weight excluding hydrogens is 276 g/mol. The van der Waals surface area contributed by atoms with Crippen molar-refractivity contribution in [2.45, 2.75) is 26.9 Å². The molecule has 1 aliphatic heterocycles. The molecule has 0 aliphatic carbocycles. The maximum atomic E-state index is 12.5. The molecule has 1 aliphatic rings. The maximum absolute atomic E-state index is 12.5. The predicted molar refractivity (Wildman–Crippen MR) is 88.3 cm³/mol. The van der Waals surface area contributed by atoms with E-state index in [0.29, 0.717) is 0 Å². The Hall–Kier alpha value is -1.81. The van der Waals surface area contributed by atoms with E-state index >= 15 is 0 Å². The van der Waals surface area contributed by atoms with Gasteiger partial charge in [-0.1, -0.05) is 24.3 Å². The van der Waals surface area contributed by atoms with Crippen LogP contribution in [0.15, 0.2) is 30.9 Å². The van der Waals surface area contributed by atoms with Gasteiger partial charge < -0.3 is 14.5 Å². The Kier molecular flexibility index (Phi) is 5.61. The Morgan fingerprint density at radius 1 is 1.41 bits per heavy atom. The van der Waals surface area contributed by atoms with Gasteiger partial charge in [0.15, 0.2) is 6.10 Å². The standard InChI is InChI=1S/C18H26N2O2/c1-5-8-19-9-11-20(12-10-19)18(21)16(4)22-17-7-6-14(2)13-15(17)3/h5-7,13,16H,1,8-12H2,2-4H3/p+1/t16-/m0/s1. The second-order valence-electron chi connectivity index (χ2n) is 6.10. The molecule has 1 heterocycles. The van der Waals surface area contributed by atoms with Gasteiger partial charge >= 0.3 is 0 Å². The van der Waals surface area contributed by atoms with E-state index in [1.165, 1.54) is 10.5 Å². The number of carbonyl (C=O) groups is 1. The van der Waals surface area contributed by atoms with Crippen LogP contribution in [0.5, 0.6) is 5.75 Å². The molecule has 1 aromatic rings. The van der Waals surface area contributed by atoms with Crippen LogP contribution in [0.4, 0.5) is 0 Å². The fraction of sp³-hybridized carbons (Fsp3) is 0.500. The van der Waals surface area contributed by atoms with Crippen molar-refractivity contribution in [1.82, 2.24) is 4.90 Å². The number of nitrogens with zero attached hydrogens (tertiary/aromatic N) is 1. The topological polar surface area (TPSA) is 34.0 Å². The molecule has 2 rings (SSSR count). The van der Waals surface area contributed by atoms with Crippen LogP contribution in [-0.2, 0) is 4.79 Å². The second kappa shape index (κ2) is 7.45. The highest BCUT2D eigenvalue weighted by molar-refractivity contribution is 5.81. The van der Waals surface area contributed by atoms with Gasteiger partial charge in [0.1, 0.15) is 5.75 Å². The van der Waals surface area contributed by atoms with E-state index in [0.717, 1.165) is 44.0 Å². The zero-order valence-corrected chi connectivity index (χ0v) is 13.9. The van der Waals surface area contributed by atoms with E-state index in [4.69, 9.17) is 4.74 Å². The molecular formula is C18H27N2O2+. The summed E-state index contributed by atoms with van der Waals surface area (Å²) in [7, 11) is 0. The lowest BCUT2D eigenvalue weighted by Gasteiger charge is -2.33. The van der Waals surface area contributed by atoms with Gasteiger partial charge in [0.25, 0.3) is 5.91 Å². The number of hydrogen-bond donors (Lipinski definition) is 1. The van der Waals surface area contributed by atoms with Crippen LogP contribution in [0.1, 0.15) is 18.1 Å². The van der Waals surface area contributed by atoms with Crippen molar-refractivity contribution in [3.63, 3.8) is 0 Å². The first-order valence-corrected chi connectivity index (χ1v) is 7.98. The fourth-order valence-electron chi connectivity index (χ4n) is 2.88. The van der Waals surface area contributed by atoms with Crippen LogP contribution >= 0.6 is 0 Å². The van der Waals surface area contributed by atoms with Crippen LogP contribution < -0.4 is 9.64 Å². The van der Waals surface area contributed by atoms with Crippen molar-refractivity contribution >= 4 is 5.91 Å². The summed E-state index contributed by atoms with van der Waals surface area (Å²) in [5.41, 5.74) is 2.27. The summed E-state index contributed by atoms with van der Waals surface area (Å²) >= 11 is 0. The minimum Gasteiger partial charge on any atom is -0.481 e. The maximum Gasteiger partial charge on any atom is 0.263 e. The lowest BCUT2D eigenvalue weighted by Crippen LogP contribution is -3.14. The quantitative estimate of drug-likeness (QED) is 0.823. The van der Waals surface area contributed by atoms with Crippen molar-refractivity contribution in [3.8, 4) is 5.75 Å². The Balaban J connectivity index is 1.91. The van der Waals surface area contributed by atoms with E-state index in [2.05, 4.69) is 19.6 Å². The monoisotopic (exact) mass is 303 g/mol. The lowest BCUT2D eigenvalue weighted by molar-refractivity contribution is -0.898. The molecule has 4 nitrogen and oxygen atoms in total. The van der Waals surface area contributed by atoms with Crippen molar-refractivity contribution in [3.05, 3.63) is 42.0 Å². The summed E-state index contributed by atoms with van der Waals surface area (Å²) in [6, 6.07) is 6.03. The number of benzene rings is 1. The summed E-state index contributed by atoms with van der Waals surface area (Å²) in [5, 5.41) is 0. The number of piperazine rings is 1. The van der Waals surface area contributed by atoms with Crippen LogP contribution in [-0.4, -0.2) is 49.6 Å². The third-order valence-corrected chi connectivity index (χ3v) is 4.20. The van der Waals surface area contributed by atoms with Crippen LogP contribution in [0, 0.1) is 13.8 Å². The van der Waals surface area contributed by atoms with Crippen molar-refractivity contribution in [2.24, 2.45) is 0 Å². The molecule has 4 heteroatoms. The number of hydrogen-bond acceptors (Lipinski definition) is 2. The van der Waals surface area contributed by atoms with Gasteiger partial charge in [-0.3, -0.25) is 4.79 Å². The van der Waals surface area contributed by atoms with Crippen LogP contribution in [0.25, 0.3) is 0 Å². The molecule has 1 amide bonds. The molecule has 0 unspecified atom stereocenters. The van der Waals surface area contributed by atoms with E-state index in [-0.39, 0.29) is 5.91 Å². The molecule has 1 N–H and O–H groups in total. The number of quaternary nitrogens is 1. The Bertz CT molecular complexity index is 534. The molecule has 0 spiro atoms. The zero-order chi connectivity index (χ0) is 16.1. The van der Waals surface area contributed by atoms with E-state index in [1.807, 2.05) is 37.0 Å². The van der Waals surface area contributed by atoms with Gasteiger partial charge in [0.05, 0.1) is 32.7 Å². The number of amides is 1. The van der Waals surface area contributed by atoms with Gasteiger partial charge in [0.2, 0.25) is 0 Å². The van der Waals surface area contributed by atoms with E-state index in [9.17, 15) is 4.79 Å². The summed E-state index contributed by atoms with van der Waals surface area (Å²) in [6.07, 6.45) is 1.50. The molecule has 120 valence electrons. The van der Waals surface area contributed by atoms with Gasteiger partial charge in [-0.2, -0.15) is 0 Å². The Morgan fingerprint density at radius 2 is 2.09 bits per heavy atom. The third-order valence-electron chi connectivity index (χ3n) is 4.20. The molecule has 1 atom stereocenters. The van der Waals surface area contributed by atoms with Crippen LogP contribution in [0.2, 0.25) is 0 Å². The van der Waals surface area contributed by atoms with Crippen molar-refractivity contribution < 1.29 is 14.4 Å². The van der Waals surface area contributed by atoms with Gasteiger partial charge in [-0.15, -0.1) is 0 Å². The van der Waals surface area contributed by atoms with Crippen LogP contribution in [0.3, 0.4) is 0 Å². The minimum atomic E-state index is -0.442. The highest BCUT2D eigenvalue weighted by atomic mass is 16.5. The normalized spacial score (nSPS) is 17.1. The number of nitrogens with one attached hydrogen (secondary N) is 1. The average molecular weight is 303 g/mol. The molecule has 0 radical (unpaired) electrons. The molecule has 1 fully saturated rings. The summed E-state index contributed by atoms with van der Waals surface area (Å²) < 4.78 is 5.88. The summed E-state index contributed by atoms with van der Waals surface area (Å²) in [5.74, 6) is 0.875. The predicted octanol–water partition coefficient (Wildman–Crippen LogP) is 0.984. The molecule has 0 saturated carbocycles. The SMILES string of the molecule is C=CC[NH+]1CCN(C(=O)[C@H](C)Oc2ccc(C)cc2C)CC1. The smallest absolute Gasteiger partial charge is 0.263 e. The second-order valence-corrected chi connectivity index (χ2v) is 6.10. The fourth-order valence-corrected chi connectivity index (χ4v) is 2.88. The Morgan fingerprint density at radius 3 is 2.68 bits per heavy atom. The van der Waals surface area contributed by atoms with Gasteiger partial charge in [0, 0.05) is 0 Å².